The maximum atomic E-state index is 10.7. The average Bonchev–Trinajstić information content (AvgIpc) is 1.31. The van der Waals surface area contributed by atoms with Gasteiger partial charge in [-0.05, 0) is 67.2 Å². The fourth-order valence-corrected chi connectivity index (χ4v) is 4.59. The summed E-state index contributed by atoms with van der Waals surface area (Å²) in [7, 11) is 0. The molecule has 10 atom stereocenters. The summed E-state index contributed by atoms with van der Waals surface area (Å²) >= 11 is 0. The van der Waals surface area contributed by atoms with Crippen LogP contribution in [0.15, 0.2) is 54.6 Å². The first-order valence-corrected chi connectivity index (χ1v) is 30.8. The predicted octanol–water partition coefficient (Wildman–Crippen LogP) is 2.47. The molecule has 0 spiro atoms. The fourth-order valence-electron chi connectivity index (χ4n) is 4.59. The molecule has 2 rings (SSSR count). The van der Waals surface area contributed by atoms with Gasteiger partial charge in [-0.3, -0.25) is 57.5 Å². The van der Waals surface area contributed by atoms with Gasteiger partial charge >= 0.3 is 6.15 Å². The van der Waals surface area contributed by atoms with Crippen LogP contribution in [0.25, 0.3) is 0 Å². The monoisotopic (exact) mass is 1360 g/mol. The highest BCUT2D eigenvalue weighted by Gasteiger charge is 2.16. The molecule has 2 aromatic rings. The summed E-state index contributed by atoms with van der Waals surface area (Å²) in [6, 6.07) is 16.7. The number of hydrogen-bond donors (Lipinski definition) is 15. The van der Waals surface area contributed by atoms with Gasteiger partial charge in [-0.15, -0.1) is 0 Å². The summed E-state index contributed by atoms with van der Waals surface area (Å²) in [6.07, 6.45) is 3.87. The van der Waals surface area contributed by atoms with Crippen molar-refractivity contribution in [2.45, 2.75) is 177 Å². The number of aliphatic hydroxyl groups is 2. The van der Waals surface area contributed by atoms with E-state index in [0.717, 1.165) is 30.4 Å². The minimum Gasteiger partial charge on any atom is -0.508 e. The lowest BCUT2D eigenvalue weighted by Gasteiger charge is -2.13. The molecule has 12 amide bonds. The van der Waals surface area contributed by atoms with Gasteiger partial charge in [0.1, 0.15) is 5.75 Å². The van der Waals surface area contributed by atoms with Gasteiger partial charge in [0.05, 0.1) is 30.5 Å². The van der Waals surface area contributed by atoms with E-state index in [9.17, 15) is 57.5 Å². The molecule has 29 nitrogen and oxygen atoms in total. The third-order valence-corrected chi connectivity index (χ3v) is 13.0. The molecular weight excluding hydrogens is 1230 g/mol. The third-order valence-electron chi connectivity index (χ3n) is 13.0. The van der Waals surface area contributed by atoms with Crippen molar-refractivity contribution in [3.8, 4) is 5.75 Å². The first kappa shape index (κ1) is 108. The Kier molecular flexibility index (Phi) is 77.2. The summed E-state index contributed by atoms with van der Waals surface area (Å²) in [5.41, 5.74) is 56.3. The minimum atomic E-state index is -0.632. The lowest BCUT2D eigenvalue weighted by molar-refractivity contribution is -0.192. The molecule has 550 valence electrons. The first-order valence-electron chi connectivity index (χ1n) is 30.8. The number of carbonyl (C=O) groups is 12. The van der Waals surface area contributed by atoms with Crippen LogP contribution in [0.5, 0.6) is 5.75 Å². The lowest BCUT2D eigenvalue weighted by Crippen LogP contribution is -2.30. The van der Waals surface area contributed by atoms with Crippen LogP contribution < -0.4 is 68.4 Å². The second-order valence-electron chi connectivity index (χ2n) is 23.4. The average molecular weight is 1360 g/mol. The molecule has 26 N–H and O–H groups in total. The molecule has 0 aliphatic heterocycles. The summed E-state index contributed by atoms with van der Waals surface area (Å²) in [5.74, 6) is -2.90. The topological polar surface area (TPSA) is 598 Å². The second kappa shape index (κ2) is 68.1. The SMILES string of the molecule is CC(C)C(C)C(N)=O.CC(C)C(N)=O.CC(C)C(N)=O.CC(C)CC(C)C(N)=O.CC(CNC=O)C(N)=O.CC(CO)C(N)=O.CC(Cc1ccc(O)cc1)C(N)=O.CC(Cc1ccccc1)C(N)=O.CC(O)C(C)C(N)=O.CCC(C)C(C)C(N)=O.CCC(N)=O.O=C=O. The van der Waals surface area contributed by atoms with Gasteiger partial charge in [0.15, 0.2) is 0 Å². The van der Waals surface area contributed by atoms with Gasteiger partial charge in [0.25, 0.3) is 0 Å². The van der Waals surface area contributed by atoms with E-state index >= 15 is 0 Å². The van der Waals surface area contributed by atoms with Crippen molar-refractivity contribution in [3.05, 3.63) is 65.7 Å². The Morgan fingerprint density at radius 3 is 0.916 bits per heavy atom. The van der Waals surface area contributed by atoms with E-state index in [0.29, 0.717) is 43.6 Å². The summed E-state index contributed by atoms with van der Waals surface area (Å²) in [5, 5.41) is 28.3. The number of aliphatic hydroxyl groups excluding tert-OH is 2. The van der Waals surface area contributed by atoms with Crippen molar-refractivity contribution in [2.24, 2.45) is 140 Å². The smallest absolute Gasteiger partial charge is 0.373 e. The number of aromatic hydroxyl groups is 1. The highest BCUT2D eigenvalue weighted by Crippen LogP contribution is 2.15. The van der Waals surface area contributed by atoms with E-state index in [1.807, 2.05) is 78.8 Å². The molecule has 0 fully saturated rings. The Morgan fingerprint density at radius 2 is 0.758 bits per heavy atom. The number of phenolic OH excluding ortho intramolecular Hbond substituents is 1. The molecule has 95 heavy (non-hydrogen) atoms. The van der Waals surface area contributed by atoms with Crippen LogP contribution in [0.2, 0.25) is 0 Å². The quantitative estimate of drug-likeness (QED) is 0.0635. The van der Waals surface area contributed by atoms with Crippen molar-refractivity contribution in [1.82, 2.24) is 5.32 Å². The Labute approximate surface area is 564 Å². The van der Waals surface area contributed by atoms with Crippen LogP contribution >= 0.6 is 0 Å². The zero-order valence-corrected chi connectivity index (χ0v) is 60.2. The van der Waals surface area contributed by atoms with Gasteiger partial charge in [-0.1, -0.05) is 180 Å². The number of nitrogens with two attached hydrogens (primary N) is 11. The number of carbonyl (C=O) groups excluding carboxylic acids is 14. The Hall–Kier alpha value is -8.82. The van der Waals surface area contributed by atoms with Crippen LogP contribution in [0.1, 0.15) is 169 Å². The first-order chi connectivity index (χ1) is 43.4. The molecule has 2 aromatic carbocycles. The van der Waals surface area contributed by atoms with E-state index in [1.54, 1.807) is 86.6 Å². The Morgan fingerprint density at radius 1 is 0.453 bits per heavy atom. The van der Waals surface area contributed by atoms with E-state index < -0.39 is 35.7 Å². The largest absolute Gasteiger partial charge is 0.508 e. The standard InChI is InChI=1S/C10H13NO2.C10H13NO.2C7H15NO.C6H13NO.C5H10N2O2.C5H11NO2.C4H9NO2.2C4H9NO.C3H7NO.CO2/c1-7(10(11)13)6-8-2-4-9(12)5-3-8;1-8(10(11)12)7-9-5-3-2-4-6-9;1-5(2)4-6(3)7(8)9;1-4-5(2)6(3)7(8)9;1-4(2)5(3)6(7)8;1-4(5(6)9)2-7-3-8;1-3(4(2)7)5(6)8;1-3(2-6)4(5)7;2*1-3(2)4(5)6;1-2-3(4)5;2-1-3/h2-5,7,12H,6H2,1H3,(H2,11,13);2-6,8H,7H2,1H3,(H2,11,12);2*5-6H,4H2,1-3H3,(H2,8,9);4-5H,1-3H3,(H2,7,8);3-4H,2H2,1H3,(H2,6,9)(H,7,8);3-4,7H,1-2H3,(H2,6,8);3,6H,2H2,1H3,(H2,5,7);2*3H,1-2H3,(H2,5,6);2H2,1H3,(H2,4,5);. The van der Waals surface area contributed by atoms with Gasteiger partial charge in [-0.2, -0.15) is 9.59 Å². The van der Waals surface area contributed by atoms with E-state index in [1.165, 1.54) is 6.92 Å². The van der Waals surface area contributed by atoms with Crippen LogP contribution in [0, 0.1) is 76.9 Å². The minimum absolute atomic E-state index is 0.00926. The highest BCUT2D eigenvalue weighted by atomic mass is 16.3. The summed E-state index contributed by atoms with van der Waals surface area (Å²) in [4.78, 5) is 139. The van der Waals surface area contributed by atoms with Crippen molar-refractivity contribution >= 4 is 77.5 Å². The number of hydrogen-bond acceptors (Lipinski definition) is 17. The maximum absolute atomic E-state index is 10.7. The number of amides is 12. The van der Waals surface area contributed by atoms with Crippen molar-refractivity contribution in [3.63, 3.8) is 0 Å². The molecule has 29 heteroatoms. The van der Waals surface area contributed by atoms with Crippen molar-refractivity contribution < 1.29 is 82.4 Å². The third kappa shape index (κ3) is 85.2. The van der Waals surface area contributed by atoms with Gasteiger partial charge in [0, 0.05) is 54.4 Å². The van der Waals surface area contributed by atoms with Crippen LogP contribution in [-0.2, 0) is 80.0 Å². The van der Waals surface area contributed by atoms with Gasteiger partial charge in [0.2, 0.25) is 71.4 Å². The molecule has 0 aromatic heterocycles. The molecule has 0 aliphatic rings. The van der Waals surface area contributed by atoms with Crippen LogP contribution in [0.4, 0.5) is 0 Å². The van der Waals surface area contributed by atoms with Crippen molar-refractivity contribution in [2.75, 3.05) is 13.2 Å². The Bertz CT molecular complexity index is 2380. The summed E-state index contributed by atoms with van der Waals surface area (Å²) < 4.78 is 0. The predicted molar refractivity (Wildman–Crippen MR) is 368 cm³/mol. The number of phenols is 1. The molecule has 0 heterocycles. The molecule has 0 saturated carbocycles. The van der Waals surface area contributed by atoms with E-state index in [2.05, 4.69) is 31.8 Å². The zero-order valence-electron chi connectivity index (χ0n) is 60.2. The van der Waals surface area contributed by atoms with Crippen LogP contribution in [-0.4, -0.2) is 112 Å². The van der Waals surface area contributed by atoms with Gasteiger partial charge in [-0.25, -0.2) is 0 Å². The van der Waals surface area contributed by atoms with Gasteiger partial charge < -0.3 is 83.7 Å². The normalized spacial score (nSPS) is 12.6. The van der Waals surface area contributed by atoms with E-state index in [4.69, 9.17) is 82.2 Å². The second-order valence-corrected chi connectivity index (χ2v) is 23.4. The molecular formula is C66H124N12O17. The molecule has 0 radical (unpaired) electrons. The molecule has 0 aliphatic carbocycles. The number of nitrogens with one attached hydrogen (secondary N) is 1. The summed E-state index contributed by atoms with van der Waals surface area (Å²) in [6.45, 7) is 36.7. The Balaban J connectivity index is -0.000000105. The van der Waals surface area contributed by atoms with Crippen molar-refractivity contribution in [1.29, 1.82) is 0 Å². The number of primary amides is 11. The maximum Gasteiger partial charge on any atom is 0.373 e. The lowest BCUT2D eigenvalue weighted by atomic mass is 9.93. The zero-order chi connectivity index (χ0) is 77.6. The highest BCUT2D eigenvalue weighted by molar-refractivity contribution is 5.79. The molecule has 0 bridgehead atoms. The number of rotatable bonds is 25. The molecule has 0 saturated heterocycles. The fraction of sp³-hybridized carbons (Fsp3) is 0.621. The van der Waals surface area contributed by atoms with E-state index in [-0.39, 0.29) is 113 Å². The number of benzene rings is 2. The van der Waals surface area contributed by atoms with Crippen LogP contribution in [0.3, 0.4) is 0 Å². The molecule has 10 unspecified atom stereocenters.